The van der Waals surface area contributed by atoms with Crippen LogP contribution in [0.3, 0.4) is 0 Å². The molecule has 0 spiro atoms. The SMILES string of the molecule is NC(=O)CCC(N)C(=O)NC(CC(=O)O)C(=O)NC(CC(N)=O)C(=O)NC(CO)C(=O)O. The van der Waals surface area contributed by atoms with Crippen LogP contribution in [0.1, 0.15) is 25.7 Å². The highest BCUT2D eigenvalue weighted by molar-refractivity contribution is 5.97. The summed E-state index contributed by atoms with van der Waals surface area (Å²) in [6, 6.07) is -6.56. The number of nitrogens with two attached hydrogens (primary N) is 3. The standard InChI is InChI=1S/C16H26N6O10/c17-6(1-2-10(18)24)13(28)20-8(4-12(26)27)15(30)21-7(3-11(19)25)14(29)22-9(5-23)16(31)32/h6-9,23H,1-5,17H2,(H2,18,24)(H2,19,25)(H,20,28)(H,21,30)(H,22,29)(H,26,27)(H,31,32). The Balaban J connectivity index is 5.43. The summed E-state index contributed by atoms with van der Waals surface area (Å²) in [4.78, 5) is 80.8. The Morgan fingerprint density at radius 2 is 1.19 bits per heavy atom. The maximum atomic E-state index is 12.5. The summed E-state index contributed by atoms with van der Waals surface area (Å²) in [7, 11) is 0. The average Bonchev–Trinajstić information content (AvgIpc) is 2.67. The van der Waals surface area contributed by atoms with Gasteiger partial charge in [-0.05, 0) is 6.42 Å². The van der Waals surface area contributed by atoms with Crippen LogP contribution in [0.5, 0.6) is 0 Å². The molecule has 0 saturated heterocycles. The van der Waals surface area contributed by atoms with Crippen molar-refractivity contribution in [2.24, 2.45) is 17.2 Å². The molecule has 4 atom stereocenters. The number of hydrogen-bond donors (Lipinski definition) is 9. The number of rotatable bonds is 15. The fourth-order valence-corrected chi connectivity index (χ4v) is 2.23. The molecular formula is C16H26N6O10. The minimum atomic E-state index is -1.76. The van der Waals surface area contributed by atoms with E-state index in [-0.39, 0.29) is 12.8 Å². The maximum Gasteiger partial charge on any atom is 0.328 e. The Hall–Kier alpha value is -3.79. The van der Waals surface area contributed by atoms with Crippen molar-refractivity contribution >= 4 is 41.5 Å². The van der Waals surface area contributed by atoms with Crippen LogP contribution in [-0.4, -0.2) is 87.6 Å². The molecule has 5 amide bonds. The second kappa shape index (κ2) is 13.5. The predicted octanol–water partition coefficient (Wildman–Crippen LogP) is -5.54. The second-order valence-corrected chi connectivity index (χ2v) is 6.58. The summed E-state index contributed by atoms with van der Waals surface area (Å²) in [6.07, 6.45) is -2.19. The number of aliphatic carboxylic acids is 2. The van der Waals surface area contributed by atoms with Crippen LogP contribution < -0.4 is 33.2 Å². The molecule has 0 aromatic rings. The van der Waals surface area contributed by atoms with Gasteiger partial charge in [0.2, 0.25) is 29.5 Å². The first-order valence-electron chi connectivity index (χ1n) is 9.07. The topological polar surface area (TPSA) is 294 Å². The molecule has 180 valence electrons. The van der Waals surface area contributed by atoms with Gasteiger partial charge >= 0.3 is 11.9 Å². The Kier molecular flexibility index (Phi) is 11.9. The normalized spacial score (nSPS) is 14.2. The van der Waals surface area contributed by atoms with Gasteiger partial charge in [-0.15, -0.1) is 0 Å². The van der Waals surface area contributed by atoms with Gasteiger partial charge in [-0.25, -0.2) is 4.79 Å². The Labute approximate surface area is 180 Å². The molecule has 0 heterocycles. The van der Waals surface area contributed by atoms with E-state index in [1.165, 1.54) is 0 Å². The van der Waals surface area contributed by atoms with Crippen molar-refractivity contribution in [3.8, 4) is 0 Å². The zero-order chi connectivity index (χ0) is 25.0. The van der Waals surface area contributed by atoms with Crippen LogP contribution in [0.25, 0.3) is 0 Å². The van der Waals surface area contributed by atoms with E-state index in [2.05, 4.69) is 0 Å². The third-order valence-corrected chi connectivity index (χ3v) is 3.89. The number of aliphatic hydroxyl groups excluding tert-OH is 1. The molecule has 32 heavy (non-hydrogen) atoms. The molecule has 0 aromatic heterocycles. The largest absolute Gasteiger partial charge is 0.481 e. The van der Waals surface area contributed by atoms with Crippen molar-refractivity contribution in [3.05, 3.63) is 0 Å². The lowest BCUT2D eigenvalue weighted by molar-refractivity contribution is -0.144. The van der Waals surface area contributed by atoms with E-state index in [1.54, 1.807) is 0 Å². The van der Waals surface area contributed by atoms with Crippen molar-refractivity contribution in [2.75, 3.05) is 6.61 Å². The van der Waals surface area contributed by atoms with Gasteiger partial charge < -0.3 is 48.5 Å². The molecule has 0 saturated carbocycles. The first-order valence-corrected chi connectivity index (χ1v) is 9.07. The van der Waals surface area contributed by atoms with Crippen molar-refractivity contribution < 1.29 is 48.9 Å². The van der Waals surface area contributed by atoms with Gasteiger partial charge in [-0.3, -0.25) is 28.8 Å². The molecule has 16 heteroatoms. The highest BCUT2D eigenvalue weighted by Crippen LogP contribution is 2.01. The summed E-state index contributed by atoms with van der Waals surface area (Å²) < 4.78 is 0. The minimum absolute atomic E-state index is 0.187. The van der Waals surface area contributed by atoms with E-state index in [0.29, 0.717) is 0 Å². The Morgan fingerprint density at radius 3 is 1.59 bits per heavy atom. The van der Waals surface area contributed by atoms with Crippen molar-refractivity contribution in [1.29, 1.82) is 0 Å². The number of aliphatic hydroxyl groups is 1. The van der Waals surface area contributed by atoms with Gasteiger partial charge in [-0.2, -0.15) is 0 Å². The van der Waals surface area contributed by atoms with E-state index in [0.717, 1.165) is 0 Å². The quantitative estimate of drug-likeness (QED) is 0.110. The minimum Gasteiger partial charge on any atom is -0.481 e. The van der Waals surface area contributed by atoms with Crippen LogP contribution in [0, 0.1) is 0 Å². The molecule has 4 unspecified atom stereocenters. The maximum absolute atomic E-state index is 12.5. The smallest absolute Gasteiger partial charge is 0.328 e. The number of nitrogens with one attached hydrogen (secondary N) is 3. The zero-order valence-corrected chi connectivity index (χ0v) is 16.8. The molecule has 0 aliphatic heterocycles. The lowest BCUT2D eigenvalue weighted by Gasteiger charge is -2.23. The molecule has 0 rings (SSSR count). The van der Waals surface area contributed by atoms with E-state index in [9.17, 15) is 33.6 Å². The summed E-state index contributed by atoms with van der Waals surface area (Å²) in [5.41, 5.74) is 15.5. The van der Waals surface area contributed by atoms with Crippen LogP contribution >= 0.6 is 0 Å². The number of carbonyl (C=O) groups excluding carboxylic acids is 5. The Bertz CT molecular complexity index is 758. The molecule has 0 aliphatic rings. The number of carbonyl (C=O) groups is 7. The Morgan fingerprint density at radius 1 is 0.719 bits per heavy atom. The van der Waals surface area contributed by atoms with Gasteiger partial charge in [0.15, 0.2) is 0 Å². The number of amides is 5. The van der Waals surface area contributed by atoms with E-state index < -0.39 is 85.1 Å². The summed E-state index contributed by atoms with van der Waals surface area (Å²) in [6.45, 7) is -1.00. The first kappa shape index (κ1) is 28.2. The fraction of sp³-hybridized carbons (Fsp3) is 0.562. The molecule has 0 bridgehead atoms. The van der Waals surface area contributed by atoms with Crippen LogP contribution in [0.15, 0.2) is 0 Å². The van der Waals surface area contributed by atoms with E-state index in [1.807, 2.05) is 16.0 Å². The van der Waals surface area contributed by atoms with Crippen LogP contribution in [-0.2, 0) is 33.6 Å². The lowest BCUT2D eigenvalue weighted by Crippen LogP contribution is -2.58. The van der Waals surface area contributed by atoms with Crippen molar-refractivity contribution in [1.82, 2.24) is 16.0 Å². The third kappa shape index (κ3) is 10.8. The second-order valence-electron chi connectivity index (χ2n) is 6.58. The molecule has 0 aliphatic carbocycles. The van der Waals surface area contributed by atoms with Crippen LogP contribution in [0.2, 0.25) is 0 Å². The van der Waals surface area contributed by atoms with Gasteiger partial charge in [-0.1, -0.05) is 0 Å². The monoisotopic (exact) mass is 462 g/mol. The lowest BCUT2D eigenvalue weighted by atomic mass is 10.1. The summed E-state index contributed by atoms with van der Waals surface area (Å²) >= 11 is 0. The fourth-order valence-electron chi connectivity index (χ4n) is 2.23. The van der Waals surface area contributed by atoms with Gasteiger partial charge in [0, 0.05) is 6.42 Å². The molecule has 0 radical (unpaired) electrons. The number of carboxylic acid groups (broad SMARTS) is 2. The molecule has 12 N–H and O–H groups in total. The van der Waals surface area contributed by atoms with Crippen LogP contribution in [0.4, 0.5) is 0 Å². The highest BCUT2D eigenvalue weighted by Gasteiger charge is 2.32. The van der Waals surface area contributed by atoms with E-state index in [4.69, 9.17) is 32.5 Å². The van der Waals surface area contributed by atoms with Crippen molar-refractivity contribution in [3.63, 3.8) is 0 Å². The molecular weight excluding hydrogens is 436 g/mol. The average molecular weight is 462 g/mol. The van der Waals surface area contributed by atoms with E-state index >= 15 is 0 Å². The van der Waals surface area contributed by atoms with Gasteiger partial charge in [0.25, 0.3) is 0 Å². The summed E-state index contributed by atoms with van der Waals surface area (Å²) in [5, 5.41) is 32.8. The highest BCUT2D eigenvalue weighted by atomic mass is 16.4. The number of hydrogen-bond acceptors (Lipinski definition) is 9. The zero-order valence-electron chi connectivity index (χ0n) is 16.8. The number of primary amides is 2. The first-order chi connectivity index (χ1) is 14.8. The van der Waals surface area contributed by atoms with Gasteiger partial charge in [0.1, 0.15) is 18.1 Å². The third-order valence-electron chi connectivity index (χ3n) is 3.89. The predicted molar refractivity (Wildman–Crippen MR) is 103 cm³/mol. The molecule has 16 nitrogen and oxygen atoms in total. The van der Waals surface area contributed by atoms with Gasteiger partial charge in [0.05, 0.1) is 25.5 Å². The number of carboxylic acids is 2. The molecule has 0 fully saturated rings. The molecule has 0 aromatic carbocycles. The van der Waals surface area contributed by atoms with Crippen molar-refractivity contribution in [2.45, 2.75) is 49.9 Å². The summed E-state index contributed by atoms with van der Waals surface area (Å²) in [5.74, 6) is -8.36.